The van der Waals surface area contributed by atoms with Crippen LogP contribution >= 0.6 is 10.2 Å². The summed E-state index contributed by atoms with van der Waals surface area (Å²) in [6.07, 6.45) is 0. The normalized spacial score (nSPS) is 18.8. The van der Waals surface area contributed by atoms with E-state index in [1.807, 2.05) is 0 Å². The predicted octanol–water partition coefficient (Wildman–Crippen LogP) is 3.64. The Morgan fingerprint density at radius 1 is 1.21 bits per heavy atom. The maximum atomic E-state index is 12.9. The Labute approximate surface area is 133 Å². The van der Waals surface area contributed by atoms with Crippen LogP contribution in [0.25, 0.3) is 0 Å². The summed E-state index contributed by atoms with van der Waals surface area (Å²) in [5.74, 6) is -0.958. The topological polar surface area (TPSA) is 66.7 Å². The lowest BCUT2D eigenvalue weighted by Gasteiger charge is -2.43. The predicted molar refractivity (Wildman–Crippen MR) is 77.9 cm³/mol. The summed E-state index contributed by atoms with van der Waals surface area (Å²) in [4.78, 5) is 22.1. The van der Waals surface area contributed by atoms with Gasteiger partial charge in [-0.3, -0.25) is 14.9 Å². The van der Waals surface area contributed by atoms with Crippen LogP contribution in [0.4, 0.5) is 25.1 Å². The maximum Gasteiger partial charge on any atom is 0.310 e. The molecule has 1 amide bonds. The highest BCUT2D eigenvalue weighted by Crippen LogP contribution is 3.02. The van der Waals surface area contributed by atoms with Crippen molar-refractivity contribution in [3.63, 3.8) is 0 Å². The number of nitro benzene ring substituents is 1. The van der Waals surface area contributed by atoms with Crippen LogP contribution in [0.5, 0.6) is 0 Å². The first-order valence-corrected chi connectivity index (χ1v) is 8.53. The zero-order valence-corrected chi connectivity index (χ0v) is 13.4. The fourth-order valence-electron chi connectivity index (χ4n) is 2.17. The summed E-state index contributed by atoms with van der Waals surface area (Å²) >= 11 is 0. The monoisotopic (exact) mass is 375 g/mol. The molecule has 0 spiro atoms. The quantitative estimate of drug-likeness (QED) is 0.458. The number of benzene rings is 1. The number of nitrogens with zero attached hydrogens (tertiary/aromatic N) is 3. The molecule has 1 aromatic rings. The van der Waals surface area contributed by atoms with Crippen LogP contribution in [0.15, 0.2) is 23.1 Å². The van der Waals surface area contributed by atoms with E-state index in [9.17, 15) is 34.3 Å². The van der Waals surface area contributed by atoms with E-state index in [2.05, 4.69) is 0 Å². The number of carbonyl (C=O) groups excluding carboxylic acids is 1. The first-order chi connectivity index (χ1) is 10.6. The van der Waals surface area contributed by atoms with Crippen molar-refractivity contribution in [2.75, 3.05) is 27.2 Å². The average Bonchev–Trinajstić information content (AvgIpc) is 2.32. The number of carbonyl (C=O) groups is 1. The molecule has 0 unspecified atom stereocenters. The van der Waals surface area contributed by atoms with Gasteiger partial charge in [0.15, 0.2) is 0 Å². The number of likely N-dealkylation sites (N-methyl/N-ethyl adjacent to an activating group) is 1. The van der Waals surface area contributed by atoms with Crippen molar-refractivity contribution < 1.29 is 29.1 Å². The van der Waals surface area contributed by atoms with E-state index in [0.29, 0.717) is 6.07 Å². The smallest absolute Gasteiger partial charge is 0.310 e. The van der Waals surface area contributed by atoms with Crippen molar-refractivity contribution in [3.8, 4) is 0 Å². The number of non-ortho nitro benzene ring substituents is 1. The molecule has 0 atom stereocenters. The van der Waals surface area contributed by atoms with Crippen molar-refractivity contribution in [2.24, 2.45) is 0 Å². The molecule has 1 aliphatic rings. The molecule has 0 N–H and O–H groups in total. The van der Waals surface area contributed by atoms with Crippen LogP contribution in [-0.2, 0) is 0 Å². The molecule has 136 valence electrons. The number of rotatable bonds is 4. The highest BCUT2D eigenvalue weighted by Gasteiger charge is 2.66. The molecule has 6 nitrogen and oxygen atoms in total. The summed E-state index contributed by atoms with van der Waals surface area (Å²) in [5, 5.41) is 10.7. The van der Waals surface area contributed by atoms with Gasteiger partial charge in [-0.05, 0) is 20.2 Å². The van der Waals surface area contributed by atoms with Gasteiger partial charge in [-0.15, -0.1) is 0 Å². The minimum atomic E-state index is -10.1. The number of nitro groups is 1. The molecule has 2 rings (SSSR count). The van der Waals surface area contributed by atoms with Gasteiger partial charge in [0.2, 0.25) is 0 Å². The molecule has 0 radical (unpaired) electrons. The van der Waals surface area contributed by atoms with Gasteiger partial charge in [0.05, 0.1) is 4.92 Å². The Morgan fingerprint density at radius 2 is 1.75 bits per heavy atom. The van der Waals surface area contributed by atoms with Gasteiger partial charge >= 0.3 is 10.2 Å². The van der Waals surface area contributed by atoms with Crippen LogP contribution in [0.2, 0.25) is 0 Å². The van der Waals surface area contributed by atoms with Crippen molar-refractivity contribution in [2.45, 2.75) is 10.9 Å². The molecule has 1 saturated heterocycles. The summed E-state index contributed by atoms with van der Waals surface area (Å²) in [6.45, 7) is 0.389. The third-order valence-electron chi connectivity index (χ3n) is 3.67. The molecule has 0 bridgehead atoms. The first-order valence-electron chi connectivity index (χ1n) is 6.58. The minimum Gasteiger partial charge on any atom is -0.335 e. The zero-order chi connectivity index (χ0) is 18.6. The molecule has 1 fully saturated rings. The molecule has 0 saturated carbocycles. The third-order valence-corrected chi connectivity index (χ3v) is 4.80. The van der Waals surface area contributed by atoms with E-state index in [1.165, 1.54) is 0 Å². The Kier molecular flexibility index (Phi) is 3.67. The Hall–Kier alpha value is -1.95. The second-order valence-electron chi connectivity index (χ2n) is 5.77. The molecule has 1 aromatic carbocycles. The van der Waals surface area contributed by atoms with Gasteiger partial charge in [-0.25, -0.2) is 0 Å². The average molecular weight is 375 g/mol. The lowest BCUT2D eigenvalue weighted by molar-refractivity contribution is -0.385. The van der Waals surface area contributed by atoms with E-state index >= 15 is 0 Å². The van der Waals surface area contributed by atoms with Crippen molar-refractivity contribution >= 4 is 21.8 Å². The Morgan fingerprint density at radius 3 is 2.17 bits per heavy atom. The van der Waals surface area contributed by atoms with Crippen LogP contribution in [-0.4, -0.2) is 53.9 Å². The number of hydrogen-bond donors (Lipinski definition) is 0. The Bertz CT molecular complexity index is 717. The molecule has 24 heavy (non-hydrogen) atoms. The highest BCUT2D eigenvalue weighted by molar-refractivity contribution is 8.45. The fourth-order valence-corrected chi connectivity index (χ4v) is 2.86. The molecule has 0 aliphatic carbocycles. The van der Waals surface area contributed by atoms with Crippen LogP contribution in [0.1, 0.15) is 10.4 Å². The molecular weight excluding hydrogens is 361 g/mol. The second-order valence-corrected chi connectivity index (χ2v) is 8.18. The van der Waals surface area contributed by atoms with E-state index in [1.54, 1.807) is 19.0 Å². The van der Waals surface area contributed by atoms with Crippen molar-refractivity contribution in [1.29, 1.82) is 0 Å². The lowest BCUT2D eigenvalue weighted by atomic mass is 10.1. The first kappa shape index (κ1) is 18.4. The second kappa shape index (κ2) is 4.79. The van der Waals surface area contributed by atoms with Gasteiger partial charge in [0.25, 0.3) is 11.6 Å². The summed E-state index contributed by atoms with van der Waals surface area (Å²) in [7, 11) is -6.66. The number of hydrogen-bond acceptors (Lipinski definition) is 4. The summed E-state index contributed by atoms with van der Waals surface area (Å²) in [6, 6.07) is 0.276. The minimum absolute atomic E-state index is 0.0114. The Balaban J connectivity index is 2.43. The summed E-state index contributed by atoms with van der Waals surface area (Å²) in [5.41, 5.74) is -2.00. The van der Waals surface area contributed by atoms with E-state index in [4.69, 9.17) is 0 Å². The van der Waals surface area contributed by atoms with Crippen molar-refractivity contribution in [3.05, 3.63) is 33.9 Å². The number of amides is 1. The maximum absolute atomic E-state index is 12.9. The van der Waals surface area contributed by atoms with Gasteiger partial charge in [-0.1, -0.05) is 19.4 Å². The van der Waals surface area contributed by atoms with Gasteiger partial charge < -0.3 is 9.80 Å². The standard InChI is InChI=1S/C12H14F5N3O3S/c1-18(2)10-6-19(7-10)12(21)8-3-9(20(22)23)5-11(4-8)24(13,14,15,16)17/h3-5,10H,6-7H2,1-2H3. The molecule has 12 heteroatoms. The summed E-state index contributed by atoms with van der Waals surface area (Å²) < 4.78 is 64.7. The lowest BCUT2D eigenvalue weighted by Crippen LogP contribution is -2.59. The highest BCUT2D eigenvalue weighted by atomic mass is 32.5. The largest absolute Gasteiger partial charge is 0.335 e. The fraction of sp³-hybridized carbons (Fsp3) is 0.417. The molecular formula is C12H14F5N3O3S. The van der Waals surface area contributed by atoms with E-state index in [0.717, 1.165) is 4.90 Å². The van der Waals surface area contributed by atoms with Crippen molar-refractivity contribution in [1.82, 2.24) is 9.80 Å². The molecule has 0 aromatic heterocycles. The number of likely N-dealkylation sites (tertiary alicyclic amines) is 1. The molecule has 1 aliphatic heterocycles. The van der Waals surface area contributed by atoms with Crippen LogP contribution < -0.4 is 0 Å². The van der Waals surface area contributed by atoms with E-state index in [-0.39, 0.29) is 31.3 Å². The van der Waals surface area contributed by atoms with Gasteiger partial charge in [-0.2, -0.15) is 0 Å². The van der Waals surface area contributed by atoms with Gasteiger partial charge in [0, 0.05) is 36.8 Å². The van der Waals surface area contributed by atoms with Crippen LogP contribution in [0.3, 0.4) is 0 Å². The zero-order valence-electron chi connectivity index (χ0n) is 12.6. The molecule has 1 heterocycles. The third kappa shape index (κ3) is 3.75. The van der Waals surface area contributed by atoms with Gasteiger partial charge in [0.1, 0.15) is 4.90 Å². The number of halogens is 5. The van der Waals surface area contributed by atoms with E-state index < -0.39 is 37.2 Å². The SMILES string of the molecule is CN(C)C1CN(C(=O)c2cc([N+](=O)[O-])cc(S(F)(F)(F)(F)F)c2)C1. The van der Waals surface area contributed by atoms with Crippen LogP contribution in [0, 0.1) is 10.1 Å².